The Hall–Kier alpha value is -0.790. The molecule has 0 aromatic heterocycles. The van der Waals surface area contributed by atoms with E-state index in [9.17, 15) is 9.90 Å². The molecule has 0 aromatic carbocycles. The minimum atomic E-state index is -0.359. The summed E-state index contributed by atoms with van der Waals surface area (Å²) in [5.41, 5.74) is 0.0331. The summed E-state index contributed by atoms with van der Waals surface area (Å²) in [7, 11) is 0. The number of hydrogen-bond acceptors (Lipinski definition) is 2. The average Bonchev–Trinajstić information content (AvgIpc) is 2.28. The zero-order chi connectivity index (χ0) is 14.0. The van der Waals surface area contributed by atoms with Crippen molar-refractivity contribution in [2.24, 2.45) is 16.7 Å². The maximum Gasteiger partial charge on any atom is 0.164 e. The zero-order valence-corrected chi connectivity index (χ0v) is 12.5. The van der Waals surface area contributed by atoms with E-state index in [-0.39, 0.29) is 17.1 Å². The predicted molar refractivity (Wildman–Crippen MR) is 75.5 cm³/mol. The second kappa shape index (κ2) is 5.46. The van der Waals surface area contributed by atoms with Crippen molar-refractivity contribution in [2.45, 2.75) is 66.7 Å². The van der Waals surface area contributed by atoms with Gasteiger partial charge in [0.2, 0.25) is 0 Å². The van der Waals surface area contributed by atoms with Crippen LogP contribution in [0.4, 0.5) is 0 Å². The van der Waals surface area contributed by atoms with Crippen LogP contribution in [-0.2, 0) is 4.79 Å². The van der Waals surface area contributed by atoms with Gasteiger partial charge in [0.05, 0.1) is 5.76 Å². The highest BCUT2D eigenvalue weighted by Gasteiger charge is 2.30. The molecular formula is C16H28O2. The first kappa shape index (κ1) is 15.3. The summed E-state index contributed by atoms with van der Waals surface area (Å²) < 4.78 is 0. The molecule has 0 amide bonds. The van der Waals surface area contributed by atoms with Gasteiger partial charge in [0.25, 0.3) is 0 Å². The van der Waals surface area contributed by atoms with Crippen molar-refractivity contribution in [1.82, 2.24) is 0 Å². The number of carbonyl (C=O) groups excluding carboxylic acids is 1. The molecule has 1 aliphatic carbocycles. The molecule has 0 radical (unpaired) electrons. The van der Waals surface area contributed by atoms with Crippen LogP contribution in [0.15, 0.2) is 11.8 Å². The van der Waals surface area contributed by atoms with Crippen molar-refractivity contribution >= 4 is 5.78 Å². The van der Waals surface area contributed by atoms with Gasteiger partial charge < -0.3 is 5.11 Å². The molecule has 2 nitrogen and oxygen atoms in total. The summed E-state index contributed by atoms with van der Waals surface area (Å²) in [5.74, 6) is 0.541. The molecule has 1 fully saturated rings. The van der Waals surface area contributed by atoms with Gasteiger partial charge in [0, 0.05) is 17.4 Å². The summed E-state index contributed by atoms with van der Waals surface area (Å²) in [4.78, 5) is 12.0. The topological polar surface area (TPSA) is 37.3 Å². The highest BCUT2D eigenvalue weighted by molar-refractivity contribution is 5.94. The molecule has 2 heteroatoms. The summed E-state index contributed by atoms with van der Waals surface area (Å²) in [6, 6.07) is 0. The molecule has 0 aliphatic heterocycles. The van der Waals surface area contributed by atoms with Crippen LogP contribution in [-0.4, -0.2) is 10.9 Å². The Kier molecular flexibility index (Phi) is 4.63. The molecule has 1 N–H and O–H groups in total. The van der Waals surface area contributed by atoms with Gasteiger partial charge in [-0.3, -0.25) is 4.79 Å². The third kappa shape index (κ3) is 3.86. The van der Waals surface area contributed by atoms with E-state index in [1.807, 2.05) is 20.8 Å². The average molecular weight is 252 g/mol. The first-order chi connectivity index (χ1) is 8.18. The van der Waals surface area contributed by atoms with Crippen LogP contribution in [0.1, 0.15) is 66.7 Å². The third-order valence-electron chi connectivity index (χ3n) is 4.59. The minimum Gasteiger partial charge on any atom is -0.512 e. The first-order valence-corrected chi connectivity index (χ1v) is 7.13. The molecule has 0 unspecified atom stereocenters. The van der Waals surface area contributed by atoms with Crippen LogP contribution in [0.25, 0.3) is 0 Å². The van der Waals surface area contributed by atoms with Crippen LogP contribution in [0.2, 0.25) is 0 Å². The lowest BCUT2D eigenvalue weighted by atomic mass is 9.72. The number of allylic oxidation sites excluding steroid dienone is 2. The Morgan fingerprint density at radius 1 is 1.33 bits per heavy atom. The quantitative estimate of drug-likeness (QED) is 0.584. The largest absolute Gasteiger partial charge is 0.512 e. The predicted octanol–water partition coefficient (Wildman–Crippen LogP) is 4.65. The van der Waals surface area contributed by atoms with Gasteiger partial charge >= 0.3 is 0 Å². The van der Waals surface area contributed by atoms with E-state index < -0.39 is 0 Å². The van der Waals surface area contributed by atoms with E-state index in [0.717, 1.165) is 32.1 Å². The van der Waals surface area contributed by atoms with Crippen molar-refractivity contribution in [3.63, 3.8) is 0 Å². The van der Waals surface area contributed by atoms with Gasteiger partial charge in [0.1, 0.15) is 0 Å². The van der Waals surface area contributed by atoms with E-state index >= 15 is 0 Å². The molecule has 18 heavy (non-hydrogen) atoms. The van der Waals surface area contributed by atoms with Crippen molar-refractivity contribution in [1.29, 1.82) is 0 Å². The first-order valence-electron chi connectivity index (χ1n) is 7.13. The van der Waals surface area contributed by atoms with Crippen molar-refractivity contribution in [3.05, 3.63) is 11.8 Å². The third-order valence-corrected chi connectivity index (χ3v) is 4.59. The zero-order valence-electron chi connectivity index (χ0n) is 12.5. The summed E-state index contributed by atoms with van der Waals surface area (Å²) in [6.45, 7) is 10.4. The van der Waals surface area contributed by atoms with Gasteiger partial charge in [-0.1, -0.05) is 34.6 Å². The lowest BCUT2D eigenvalue weighted by Gasteiger charge is -2.34. The number of rotatable bonds is 4. The normalized spacial score (nSPS) is 21.9. The monoisotopic (exact) mass is 252 g/mol. The van der Waals surface area contributed by atoms with Crippen LogP contribution in [0.5, 0.6) is 0 Å². The van der Waals surface area contributed by atoms with Crippen LogP contribution < -0.4 is 0 Å². The van der Waals surface area contributed by atoms with Crippen molar-refractivity contribution in [3.8, 4) is 0 Å². The Labute approximate surface area is 111 Å². The maximum absolute atomic E-state index is 12.0. The summed E-state index contributed by atoms with van der Waals surface area (Å²) >= 11 is 0. The van der Waals surface area contributed by atoms with Gasteiger partial charge in [-0.15, -0.1) is 0 Å². The molecule has 0 saturated heterocycles. The minimum absolute atomic E-state index is 0.0485. The summed E-state index contributed by atoms with van der Waals surface area (Å²) in [5, 5.41) is 10.1. The lowest BCUT2D eigenvalue weighted by Crippen LogP contribution is -2.25. The number of ketones is 1. The molecule has 0 heterocycles. The molecule has 1 saturated carbocycles. The Balaban J connectivity index is 2.66. The molecule has 0 atom stereocenters. The standard InChI is InChI=1S/C16H28O2/c1-6-16(4,5)14(18)11-13(17)12-7-9-15(2,3)10-8-12/h11-12,17H,6-10H2,1-5H3/b13-11-. The molecule has 0 bridgehead atoms. The number of hydrogen-bond donors (Lipinski definition) is 1. The molecule has 1 aliphatic rings. The fourth-order valence-corrected chi connectivity index (χ4v) is 2.32. The Morgan fingerprint density at radius 2 is 1.83 bits per heavy atom. The SMILES string of the molecule is CCC(C)(C)C(=O)/C=C(\O)C1CCC(C)(C)CC1. The molecule has 0 spiro atoms. The lowest BCUT2D eigenvalue weighted by molar-refractivity contribution is -0.122. The van der Waals surface area contributed by atoms with Gasteiger partial charge in [-0.2, -0.15) is 0 Å². The van der Waals surface area contributed by atoms with E-state index in [2.05, 4.69) is 13.8 Å². The highest BCUT2D eigenvalue weighted by atomic mass is 16.3. The molecule has 0 aromatic rings. The second-order valence-corrected chi connectivity index (χ2v) is 7.11. The number of aliphatic hydroxyl groups excluding tert-OH is 1. The fourth-order valence-electron chi connectivity index (χ4n) is 2.32. The van der Waals surface area contributed by atoms with Gasteiger partial charge in [-0.25, -0.2) is 0 Å². The molecule has 104 valence electrons. The highest BCUT2D eigenvalue weighted by Crippen LogP contribution is 2.40. The van der Waals surface area contributed by atoms with E-state index in [4.69, 9.17) is 0 Å². The van der Waals surface area contributed by atoms with E-state index in [1.54, 1.807) is 0 Å². The smallest absolute Gasteiger partial charge is 0.164 e. The van der Waals surface area contributed by atoms with Crippen LogP contribution >= 0.6 is 0 Å². The molecule has 1 rings (SSSR count). The van der Waals surface area contributed by atoms with E-state index in [0.29, 0.717) is 11.2 Å². The Bertz CT molecular complexity index is 327. The van der Waals surface area contributed by atoms with Crippen molar-refractivity contribution in [2.75, 3.05) is 0 Å². The van der Waals surface area contributed by atoms with Gasteiger partial charge in [0.15, 0.2) is 5.78 Å². The maximum atomic E-state index is 12.0. The van der Waals surface area contributed by atoms with Crippen LogP contribution in [0, 0.1) is 16.7 Å². The van der Waals surface area contributed by atoms with Gasteiger partial charge in [-0.05, 0) is 37.5 Å². The fraction of sp³-hybridized carbons (Fsp3) is 0.812. The number of carbonyl (C=O) groups is 1. The second-order valence-electron chi connectivity index (χ2n) is 7.11. The van der Waals surface area contributed by atoms with E-state index in [1.165, 1.54) is 6.08 Å². The van der Waals surface area contributed by atoms with Crippen molar-refractivity contribution < 1.29 is 9.90 Å². The number of aliphatic hydroxyl groups is 1. The Morgan fingerprint density at radius 3 is 2.28 bits per heavy atom. The summed E-state index contributed by atoms with van der Waals surface area (Å²) in [6.07, 6.45) is 6.52. The van der Waals surface area contributed by atoms with Crippen LogP contribution in [0.3, 0.4) is 0 Å². The molecular weight excluding hydrogens is 224 g/mol.